The Hall–Kier alpha value is -0.570. The fourth-order valence-electron chi connectivity index (χ4n) is 1.90. The molecule has 0 aliphatic heterocycles. The number of rotatable bonds is 7. The molecule has 3 heteroatoms. The predicted molar refractivity (Wildman–Crippen MR) is 69.2 cm³/mol. The van der Waals surface area contributed by atoms with Crippen molar-refractivity contribution in [1.29, 1.82) is 0 Å². The van der Waals surface area contributed by atoms with E-state index < -0.39 is 0 Å². The molecular weight excluding hydrogens is 200 g/mol. The largest absolute Gasteiger partial charge is 0.340 e. The van der Waals surface area contributed by atoms with Gasteiger partial charge in [0.1, 0.15) is 0 Å². The third-order valence-corrected chi connectivity index (χ3v) is 3.49. The molecule has 96 valence electrons. The molecule has 16 heavy (non-hydrogen) atoms. The summed E-state index contributed by atoms with van der Waals surface area (Å²) in [6.45, 7) is 10.9. The molecule has 3 atom stereocenters. The summed E-state index contributed by atoms with van der Waals surface area (Å²) in [6, 6.07) is 0.359. The second kappa shape index (κ2) is 7.66. The highest BCUT2D eigenvalue weighted by molar-refractivity contribution is 5.73. The molecule has 0 heterocycles. The Bertz CT molecular complexity index is 204. The number of nitrogens with two attached hydrogens (primary N) is 1. The van der Waals surface area contributed by atoms with Crippen molar-refractivity contribution >= 4 is 5.91 Å². The van der Waals surface area contributed by atoms with Crippen molar-refractivity contribution in [2.24, 2.45) is 11.7 Å². The van der Waals surface area contributed by atoms with Gasteiger partial charge in [0.2, 0.25) is 5.91 Å². The average molecular weight is 228 g/mol. The zero-order valence-electron chi connectivity index (χ0n) is 11.5. The van der Waals surface area contributed by atoms with Crippen LogP contribution in [0.3, 0.4) is 0 Å². The van der Waals surface area contributed by atoms with Crippen molar-refractivity contribution in [3.05, 3.63) is 0 Å². The van der Waals surface area contributed by atoms with Crippen LogP contribution in [0.25, 0.3) is 0 Å². The van der Waals surface area contributed by atoms with E-state index in [4.69, 9.17) is 5.73 Å². The van der Waals surface area contributed by atoms with Crippen LogP contribution >= 0.6 is 0 Å². The maximum absolute atomic E-state index is 11.6. The van der Waals surface area contributed by atoms with Crippen molar-refractivity contribution in [1.82, 2.24) is 4.90 Å². The van der Waals surface area contributed by atoms with Crippen LogP contribution in [-0.2, 0) is 4.79 Å². The van der Waals surface area contributed by atoms with Gasteiger partial charge in [-0.15, -0.1) is 0 Å². The summed E-state index contributed by atoms with van der Waals surface area (Å²) in [5.41, 5.74) is 5.89. The average Bonchev–Trinajstić information content (AvgIpc) is 2.21. The predicted octanol–water partition coefficient (Wildman–Crippen LogP) is 2.40. The number of unbranched alkanes of at least 4 members (excludes halogenated alkanes) is 2. The van der Waals surface area contributed by atoms with Crippen molar-refractivity contribution in [3.63, 3.8) is 0 Å². The van der Waals surface area contributed by atoms with Crippen molar-refractivity contribution < 1.29 is 4.79 Å². The monoisotopic (exact) mass is 228 g/mol. The Morgan fingerprint density at radius 1 is 1.25 bits per heavy atom. The molecule has 0 fully saturated rings. The van der Waals surface area contributed by atoms with E-state index >= 15 is 0 Å². The SMILES string of the molecule is CCCCCN(C(C)=O)C(C)C(C)[C@H](C)N. The van der Waals surface area contributed by atoms with E-state index in [1.54, 1.807) is 6.92 Å². The first-order valence-electron chi connectivity index (χ1n) is 6.44. The minimum atomic E-state index is 0.128. The van der Waals surface area contributed by atoms with Crippen molar-refractivity contribution in [3.8, 4) is 0 Å². The van der Waals surface area contributed by atoms with Gasteiger partial charge in [0.15, 0.2) is 0 Å². The van der Waals surface area contributed by atoms with Gasteiger partial charge in [0.05, 0.1) is 0 Å². The van der Waals surface area contributed by atoms with Crippen LogP contribution in [0.5, 0.6) is 0 Å². The van der Waals surface area contributed by atoms with E-state index in [0.717, 1.165) is 13.0 Å². The summed E-state index contributed by atoms with van der Waals surface area (Å²) >= 11 is 0. The lowest BCUT2D eigenvalue weighted by molar-refractivity contribution is -0.132. The van der Waals surface area contributed by atoms with Crippen LogP contribution in [0.2, 0.25) is 0 Å². The van der Waals surface area contributed by atoms with Gasteiger partial charge in [-0.1, -0.05) is 26.7 Å². The first kappa shape index (κ1) is 15.4. The Morgan fingerprint density at radius 3 is 2.19 bits per heavy atom. The molecule has 0 saturated carbocycles. The molecule has 0 aromatic rings. The second-order valence-electron chi connectivity index (χ2n) is 4.88. The molecule has 0 aromatic carbocycles. The third kappa shape index (κ3) is 4.97. The highest BCUT2D eigenvalue weighted by atomic mass is 16.2. The maximum Gasteiger partial charge on any atom is 0.219 e. The molecule has 2 N–H and O–H groups in total. The molecule has 0 radical (unpaired) electrons. The molecule has 0 aliphatic carbocycles. The molecular formula is C13H28N2O. The first-order chi connectivity index (χ1) is 7.41. The molecule has 1 amide bonds. The lowest BCUT2D eigenvalue weighted by atomic mass is 9.95. The van der Waals surface area contributed by atoms with E-state index in [1.165, 1.54) is 12.8 Å². The zero-order valence-corrected chi connectivity index (χ0v) is 11.5. The Morgan fingerprint density at radius 2 is 1.81 bits per heavy atom. The van der Waals surface area contributed by atoms with E-state index in [-0.39, 0.29) is 18.0 Å². The molecule has 2 unspecified atom stereocenters. The number of carbonyl (C=O) groups excluding carboxylic acids is 1. The molecule has 0 bridgehead atoms. The molecule has 0 spiro atoms. The standard InChI is InChI=1S/C13H28N2O/c1-6-7-8-9-15(13(5)16)12(4)10(2)11(3)14/h10-12H,6-9,14H2,1-5H3/t10?,11-,12?/m0/s1. The summed E-state index contributed by atoms with van der Waals surface area (Å²) in [4.78, 5) is 13.6. The van der Waals surface area contributed by atoms with E-state index in [2.05, 4.69) is 20.8 Å². The minimum absolute atomic E-state index is 0.128. The first-order valence-corrected chi connectivity index (χ1v) is 6.44. The quantitative estimate of drug-likeness (QED) is 0.680. The highest BCUT2D eigenvalue weighted by Crippen LogP contribution is 2.15. The molecule has 0 rings (SSSR count). The molecule has 3 nitrogen and oxygen atoms in total. The molecule has 0 saturated heterocycles. The summed E-state index contributed by atoms with van der Waals surface area (Å²) in [7, 11) is 0. The van der Waals surface area contributed by atoms with Gasteiger partial charge in [0, 0.05) is 25.6 Å². The Kier molecular flexibility index (Phi) is 7.39. The Balaban J connectivity index is 4.34. The summed E-state index contributed by atoms with van der Waals surface area (Å²) in [5.74, 6) is 0.502. The number of carbonyl (C=O) groups is 1. The smallest absolute Gasteiger partial charge is 0.219 e. The van der Waals surface area contributed by atoms with Gasteiger partial charge >= 0.3 is 0 Å². The minimum Gasteiger partial charge on any atom is -0.340 e. The second-order valence-corrected chi connectivity index (χ2v) is 4.88. The van der Waals surface area contributed by atoms with Crippen LogP contribution < -0.4 is 5.73 Å². The number of hydrogen-bond donors (Lipinski definition) is 1. The zero-order chi connectivity index (χ0) is 12.7. The number of nitrogens with zero attached hydrogens (tertiary/aromatic N) is 1. The van der Waals surface area contributed by atoms with E-state index in [1.807, 2.05) is 11.8 Å². The normalized spacial score (nSPS) is 16.6. The summed E-state index contributed by atoms with van der Waals surface area (Å²) < 4.78 is 0. The molecule has 0 aromatic heterocycles. The van der Waals surface area contributed by atoms with Crippen LogP contribution in [-0.4, -0.2) is 29.4 Å². The van der Waals surface area contributed by atoms with Gasteiger partial charge < -0.3 is 10.6 Å². The van der Waals surface area contributed by atoms with Crippen LogP contribution in [0.1, 0.15) is 53.9 Å². The fraction of sp³-hybridized carbons (Fsp3) is 0.923. The van der Waals surface area contributed by atoms with Crippen molar-refractivity contribution in [2.45, 2.75) is 66.0 Å². The Labute approximate surface area is 100 Å². The van der Waals surface area contributed by atoms with Crippen LogP contribution in [0, 0.1) is 5.92 Å². The van der Waals surface area contributed by atoms with Gasteiger partial charge in [-0.05, 0) is 26.2 Å². The van der Waals surface area contributed by atoms with Crippen LogP contribution in [0.15, 0.2) is 0 Å². The van der Waals surface area contributed by atoms with E-state index in [9.17, 15) is 4.79 Å². The lowest BCUT2D eigenvalue weighted by Gasteiger charge is -2.34. The van der Waals surface area contributed by atoms with Gasteiger partial charge in [-0.25, -0.2) is 0 Å². The fourth-order valence-corrected chi connectivity index (χ4v) is 1.90. The van der Waals surface area contributed by atoms with E-state index in [0.29, 0.717) is 5.92 Å². The van der Waals surface area contributed by atoms with Crippen molar-refractivity contribution in [2.75, 3.05) is 6.54 Å². The van der Waals surface area contributed by atoms with Gasteiger partial charge in [-0.2, -0.15) is 0 Å². The summed E-state index contributed by atoms with van der Waals surface area (Å²) in [5, 5.41) is 0. The lowest BCUT2D eigenvalue weighted by Crippen LogP contribution is -2.46. The topological polar surface area (TPSA) is 46.3 Å². The maximum atomic E-state index is 11.6. The summed E-state index contributed by atoms with van der Waals surface area (Å²) in [6.07, 6.45) is 3.46. The molecule has 0 aliphatic rings. The van der Waals surface area contributed by atoms with Gasteiger partial charge in [0.25, 0.3) is 0 Å². The highest BCUT2D eigenvalue weighted by Gasteiger charge is 2.23. The number of amides is 1. The third-order valence-electron chi connectivity index (χ3n) is 3.49. The van der Waals surface area contributed by atoms with Crippen LogP contribution in [0.4, 0.5) is 0 Å². The van der Waals surface area contributed by atoms with Gasteiger partial charge in [-0.3, -0.25) is 4.79 Å². The number of hydrogen-bond acceptors (Lipinski definition) is 2.